The lowest BCUT2D eigenvalue weighted by Crippen LogP contribution is -2.40. The maximum atomic E-state index is 12.9. The Morgan fingerprint density at radius 1 is 1.02 bits per heavy atom. The molecular weight excluding hydrogens is 516 g/mol. The lowest BCUT2D eigenvalue weighted by molar-refractivity contribution is -0.125. The molecular formula is C31H36N8O2. The maximum Gasteiger partial charge on any atom is 0.246 e. The Kier molecular flexibility index (Phi) is 7.93. The Bertz CT molecular complexity index is 1510. The van der Waals surface area contributed by atoms with E-state index in [-0.39, 0.29) is 11.9 Å². The number of fused-ring (bicyclic) bond motifs is 1. The van der Waals surface area contributed by atoms with Crippen LogP contribution in [-0.2, 0) is 4.79 Å². The number of hydrogen-bond acceptors (Lipinski definition) is 8. The average Bonchev–Trinajstić information content (AvgIpc) is 3.64. The molecule has 4 aromatic rings. The molecule has 2 aromatic heterocycles. The van der Waals surface area contributed by atoms with Gasteiger partial charge in [-0.05, 0) is 75.8 Å². The van der Waals surface area contributed by atoms with Crippen molar-refractivity contribution in [2.45, 2.75) is 31.3 Å². The van der Waals surface area contributed by atoms with Gasteiger partial charge in [0.1, 0.15) is 29.3 Å². The van der Waals surface area contributed by atoms with Crippen LogP contribution in [0.15, 0.2) is 73.1 Å². The van der Waals surface area contributed by atoms with Gasteiger partial charge in [-0.1, -0.05) is 24.3 Å². The lowest BCUT2D eigenvalue weighted by Gasteiger charge is -2.29. The third-order valence-electron chi connectivity index (χ3n) is 7.95. The third-order valence-corrected chi connectivity index (χ3v) is 7.95. The van der Waals surface area contributed by atoms with E-state index in [9.17, 15) is 4.79 Å². The number of benzene rings is 2. The molecule has 212 valence electrons. The molecule has 41 heavy (non-hydrogen) atoms. The van der Waals surface area contributed by atoms with Gasteiger partial charge in [0, 0.05) is 37.3 Å². The molecule has 1 amide bonds. The number of likely N-dealkylation sites (tertiary alicyclic amines) is 2. The van der Waals surface area contributed by atoms with Crippen LogP contribution in [0.3, 0.4) is 0 Å². The molecule has 2 aliphatic heterocycles. The summed E-state index contributed by atoms with van der Waals surface area (Å²) in [6, 6.07) is 17.9. The number of hydrogen-bond donors (Lipinski definition) is 2. The zero-order valence-electron chi connectivity index (χ0n) is 23.3. The summed E-state index contributed by atoms with van der Waals surface area (Å²) in [4.78, 5) is 26.0. The van der Waals surface area contributed by atoms with E-state index in [4.69, 9.17) is 15.6 Å². The van der Waals surface area contributed by atoms with E-state index < -0.39 is 0 Å². The summed E-state index contributed by atoms with van der Waals surface area (Å²) < 4.78 is 7.86. The Morgan fingerprint density at radius 3 is 2.56 bits per heavy atom. The Hall–Kier alpha value is -4.28. The minimum absolute atomic E-state index is 0.00376. The zero-order chi connectivity index (χ0) is 28.2. The number of carbonyl (C=O) groups is 1. The Balaban J connectivity index is 1.14. The van der Waals surface area contributed by atoms with Gasteiger partial charge >= 0.3 is 0 Å². The summed E-state index contributed by atoms with van der Waals surface area (Å²) >= 11 is 0. The van der Waals surface area contributed by atoms with Crippen molar-refractivity contribution < 1.29 is 9.53 Å². The number of ether oxygens (including phenoxy) is 1. The van der Waals surface area contributed by atoms with Gasteiger partial charge in [0.05, 0.1) is 11.4 Å². The zero-order valence-corrected chi connectivity index (χ0v) is 23.3. The lowest BCUT2D eigenvalue weighted by atomic mass is 10.1. The molecule has 2 aliphatic rings. The van der Waals surface area contributed by atoms with Crippen molar-refractivity contribution in [2.75, 3.05) is 45.5 Å². The number of nitrogens with zero attached hydrogens (tertiary/aromatic N) is 6. The molecule has 6 rings (SSSR count). The number of piperidine rings is 1. The number of para-hydroxylation sites is 1. The van der Waals surface area contributed by atoms with E-state index in [2.05, 4.69) is 27.2 Å². The normalized spacial score (nSPS) is 18.5. The fraction of sp³-hybridized carbons (Fsp3) is 0.355. The smallest absolute Gasteiger partial charge is 0.246 e. The molecule has 2 aromatic carbocycles. The van der Waals surface area contributed by atoms with Crippen LogP contribution >= 0.6 is 0 Å². The average molecular weight is 553 g/mol. The largest absolute Gasteiger partial charge is 0.457 e. The van der Waals surface area contributed by atoms with Gasteiger partial charge in [-0.2, -0.15) is 5.10 Å². The minimum atomic E-state index is -0.00376. The van der Waals surface area contributed by atoms with Crippen LogP contribution in [0.2, 0.25) is 0 Å². The highest BCUT2D eigenvalue weighted by molar-refractivity contribution is 5.98. The van der Waals surface area contributed by atoms with Crippen molar-refractivity contribution >= 4 is 22.8 Å². The van der Waals surface area contributed by atoms with Crippen LogP contribution in [0.5, 0.6) is 11.5 Å². The van der Waals surface area contributed by atoms with Crippen molar-refractivity contribution in [3.63, 3.8) is 0 Å². The third kappa shape index (κ3) is 6.08. The highest BCUT2D eigenvalue weighted by Gasteiger charge is 2.30. The molecule has 0 bridgehead atoms. The summed E-state index contributed by atoms with van der Waals surface area (Å²) in [5.41, 5.74) is 8.61. The Morgan fingerprint density at radius 2 is 1.78 bits per heavy atom. The second-order valence-electron chi connectivity index (χ2n) is 10.8. The molecule has 0 saturated carbocycles. The highest BCUT2D eigenvalue weighted by Crippen LogP contribution is 2.35. The first kappa shape index (κ1) is 26.9. The van der Waals surface area contributed by atoms with E-state index >= 15 is 0 Å². The highest BCUT2D eigenvalue weighted by atomic mass is 16.5. The standard InChI is InChI=1S/C31H36N8O2/c1-37-17-13-23(14-18-37)33-16-5-8-27(40)38-19-15-24(20-38)39-31-28(30(32)34-21-35-31)29(36-39)22-9-11-26(12-10-22)41-25-6-3-2-4-7-25/h2-12,21,23-24,33H,13-20H2,1H3,(H2,32,34,35). The summed E-state index contributed by atoms with van der Waals surface area (Å²) in [5.74, 6) is 1.91. The molecule has 10 nitrogen and oxygen atoms in total. The molecule has 0 spiro atoms. The molecule has 0 aliphatic carbocycles. The predicted molar refractivity (Wildman–Crippen MR) is 160 cm³/mol. The first-order valence-electron chi connectivity index (χ1n) is 14.2. The van der Waals surface area contributed by atoms with Crippen molar-refractivity contribution in [2.24, 2.45) is 0 Å². The van der Waals surface area contributed by atoms with E-state index in [0.717, 1.165) is 49.4 Å². The Labute approximate surface area is 239 Å². The van der Waals surface area contributed by atoms with Crippen LogP contribution < -0.4 is 15.8 Å². The first-order chi connectivity index (χ1) is 20.0. The van der Waals surface area contributed by atoms with Gasteiger partial charge in [-0.3, -0.25) is 4.79 Å². The number of amides is 1. The number of nitrogens with one attached hydrogen (secondary N) is 1. The number of rotatable bonds is 8. The van der Waals surface area contributed by atoms with Crippen LogP contribution in [0, 0.1) is 0 Å². The molecule has 3 N–H and O–H groups in total. The quantitative estimate of drug-likeness (QED) is 0.317. The van der Waals surface area contributed by atoms with E-state index in [1.165, 1.54) is 6.33 Å². The van der Waals surface area contributed by atoms with Crippen LogP contribution in [0.25, 0.3) is 22.3 Å². The summed E-state index contributed by atoms with van der Waals surface area (Å²) in [6.07, 6.45) is 8.17. The van der Waals surface area contributed by atoms with E-state index in [1.54, 1.807) is 6.08 Å². The topological polar surface area (TPSA) is 114 Å². The SMILES string of the molecule is CN1CCC(NCC=CC(=O)N2CCC(n3nc(-c4ccc(Oc5ccccc5)cc4)c4c(N)ncnc43)C2)CC1. The summed E-state index contributed by atoms with van der Waals surface area (Å²) in [5, 5.41) is 9.23. The minimum Gasteiger partial charge on any atom is -0.457 e. The molecule has 2 fully saturated rings. The first-order valence-corrected chi connectivity index (χ1v) is 14.2. The number of carbonyl (C=O) groups excluding carboxylic acids is 1. The van der Waals surface area contributed by atoms with Crippen molar-refractivity contribution in [3.8, 4) is 22.8 Å². The molecule has 1 unspecified atom stereocenters. The number of anilines is 1. The molecule has 4 heterocycles. The molecule has 10 heteroatoms. The van der Waals surface area contributed by atoms with Crippen LogP contribution in [-0.4, -0.2) is 81.3 Å². The monoisotopic (exact) mass is 552 g/mol. The molecule has 2 saturated heterocycles. The predicted octanol–water partition coefficient (Wildman–Crippen LogP) is 3.88. The summed E-state index contributed by atoms with van der Waals surface area (Å²) in [6.45, 7) is 4.16. The summed E-state index contributed by atoms with van der Waals surface area (Å²) in [7, 11) is 2.16. The van der Waals surface area contributed by atoms with Crippen molar-refractivity contribution in [1.29, 1.82) is 0 Å². The number of nitrogens with two attached hydrogens (primary N) is 1. The molecule has 1 atom stereocenters. The van der Waals surface area contributed by atoms with E-state index in [0.29, 0.717) is 48.2 Å². The molecule has 0 radical (unpaired) electrons. The van der Waals surface area contributed by atoms with Crippen molar-refractivity contribution in [3.05, 3.63) is 73.1 Å². The van der Waals surface area contributed by atoms with Gasteiger partial charge in [-0.15, -0.1) is 0 Å². The maximum absolute atomic E-state index is 12.9. The van der Waals surface area contributed by atoms with E-state index in [1.807, 2.05) is 70.3 Å². The fourth-order valence-corrected chi connectivity index (χ4v) is 5.61. The number of nitrogen functional groups attached to an aromatic ring is 1. The number of aromatic nitrogens is 4. The van der Waals surface area contributed by atoms with Gasteiger partial charge in [0.15, 0.2) is 5.65 Å². The van der Waals surface area contributed by atoms with Crippen LogP contribution in [0.1, 0.15) is 25.3 Å². The fourth-order valence-electron chi connectivity index (χ4n) is 5.61. The second-order valence-corrected chi connectivity index (χ2v) is 10.8. The van der Waals surface area contributed by atoms with Crippen molar-refractivity contribution in [1.82, 2.24) is 34.9 Å². The van der Waals surface area contributed by atoms with Gasteiger partial charge in [0.25, 0.3) is 0 Å². The van der Waals surface area contributed by atoms with Crippen LogP contribution in [0.4, 0.5) is 5.82 Å². The van der Waals surface area contributed by atoms with Gasteiger partial charge in [-0.25, -0.2) is 14.6 Å². The van der Waals surface area contributed by atoms with Gasteiger partial charge in [0.2, 0.25) is 5.91 Å². The van der Waals surface area contributed by atoms with Gasteiger partial charge < -0.3 is 25.6 Å². The second kappa shape index (κ2) is 12.1.